The van der Waals surface area contributed by atoms with Crippen LogP contribution in [0.5, 0.6) is 0 Å². The maximum atomic E-state index is 11.5. The Labute approximate surface area is 111 Å². The number of ether oxygens (including phenoxy) is 1. The Morgan fingerprint density at radius 1 is 1.47 bits per heavy atom. The fourth-order valence-electron chi connectivity index (χ4n) is 1.57. The number of nitro benzene ring substituents is 1. The van der Waals surface area contributed by atoms with E-state index in [0.29, 0.717) is 24.4 Å². The number of amides is 1. The van der Waals surface area contributed by atoms with Crippen LogP contribution in [-0.2, 0) is 9.53 Å². The van der Waals surface area contributed by atoms with Crippen LogP contribution in [0.3, 0.4) is 0 Å². The number of rotatable bonds is 7. The van der Waals surface area contributed by atoms with Crippen LogP contribution >= 0.6 is 0 Å². The molecule has 0 unspecified atom stereocenters. The first-order valence-corrected chi connectivity index (χ1v) is 5.79. The van der Waals surface area contributed by atoms with Gasteiger partial charge in [0.25, 0.3) is 5.69 Å². The molecule has 0 saturated heterocycles. The predicted molar refractivity (Wildman–Crippen MR) is 71.2 cm³/mol. The summed E-state index contributed by atoms with van der Waals surface area (Å²) < 4.78 is 4.80. The molecule has 104 valence electrons. The van der Waals surface area contributed by atoms with Gasteiger partial charge in [-0.15, -0.1) is 0 Å². The van der Waals surface area contributed by atoms with E-state index in [-0.39, 0.29) is 18.1 Å². The number of methoxy groups -OCH3 is 1. The summed E-state index contributed by atoms with van der Waals surface area (Å²) in [7, 11) is 1.54. The number of carbonyl (C=O) groups is 1. The summed E-state index contributed by atoms with van der Waals surface area (Å²) in [4.78, 5) is 21.9. The Morgan fingerprint density at radius 3 is 2.84 bits per heavy atom. The van der Waals surface area contributed by atoms with Crippen LogP contribution < -0.4 is 10.6 Å². The molecule has 1 aromatic carbocycles. The second kappa shape index (κ2) is 7.32. The average Bonchev–Trinajstić information content (AvgIpc) is 2.36. The van der Waals surface area contributed by atoms with Crippen LogP contribution in [-0.4, -0.2) is 37.6 Å². The Bertz CT molecular complexity index is 462. The lowest BCUT2D eigenvalue weighted by Gasteiger charge is -2.09. The number of carbonyl (C=O) groups excluding carboxylic acids is 1. The van der Waals surface area contributed by atoms with Gasteiger partial charge in [-0.2, -0.15) is 0 Å². The third kappa shape index (κ3) is 4.55. The maximum absolute atomic E-state index is 11.5. The Hall–Kier alpha value is -2.15. The fourth-order valence-corrected chi connectivity index (χ4v) is 1.57. The number of nitro groups is 1. The minimum absolute atomic E-state index is 0.00723. The van der Waals surface area contributed by atoms with Gasteiger partial charge in [-0.05, 0) is 13.0 Å². The summed E-state index contributed by atoms with van der Waals surface area (Å²) in [6.07, 6.45) is 0. The van der Waals surface area contributed by atoms with Crippen molar-refractivity contribution in [2.24, 2.45) is 0 Å². The summed E-state index contributed by atoms with van der Waals surface area (Å²) in [5.74, 6) is -0.243. The van der Waals surface area contributed by atoms with Crippen molar-refractivity contribution in [2.45, 2.75) is 6.92 Å². The van der Waals surface area contributed by atoms with Gasteiger partial charge in [0.05, 0.1) is 18.1 Å². The lowest BCUT2D eigenvalue weighted by molar-refractivity contribution is -0.384. The highest BCUT2D eigenvalue weighted by molar-refractivity contribution is 5.81. The fraction of sp³-hybridized carbons (Fsp3) is 0.417. The van der Waals surface area contributed by atoms with Crippen molar-refractivity contribution in [3.8, 4) is 0 Å². The maximum Gasteiger partial charge on any atom is 0.295 e. The Kier molecular flexibility index (Phi) is 5.74. The molecule has 0 radical (unpaired) electrons. The minimum Gasteiger partial charge on any atom is -0.383 e. The summed E-state index contributed by atoms with van der Waals surface area (Å²) in [6.45, 7) is 2.47. The van der Waals surface area contributed by atoms with Crippen LogP contribution in [0.1, 0.15) is 5.56 Å². The third-order valence-electron chi connectivity index (χ3n) is 2.49. The van der Waals surface area contributed by atoms with Crippen molar-refractivity contribution in [1.82, 2.24) is 5.32 Å². The third-order valence-corrected chi connectivity index (χ3v) is 2.49. The van der Waals surface area contributed by atoms with Gasteiger partial charge < -0.3 is 15.4 Å². The highest BCUT2D eigenvalue weighted by Crippen LogP contribution is 2.27. The van der Waals surface area contributed by atoms with E-state index in [1.807, 2.05) is 0 Å². The molecule has 1 aromatic rings. The molecule has 1 rings (SSSR count). The minimum atomic E-state index is -0.458. The number of hydrogen-bond acceptors (Lipinski definition) is 5. The largest absolute Gasteiger partial charge is 0.383 e. The van der Waals surface area contributed by atoms with Crippen LogP contribution in [0.2, 0.25) is 0 Å². The summed E-state index contributed by atoms with van der Waals surface area (Å²) in [6, 6.07) is 4.93. The van der Waals surface area contributed by atoms with Gasteiger partial charge in [0.1, 0.15) is 5.69 Å². The Morgan fingerprint density at radius 2 is 2.21 bits per heavy atom. The molecule has 0 saturated carbocycles. The van der Waals surface area contributed by atoms with Gasteiger partial charge in [0.2, 0.25) is 5.91 Å². The van der Waals surface area contributed by atoms with Gasteiger partial charge in [-0.1, -0.05) is 12.1 Å². The first kappa shape index (κ1) is 14.9. The van der Waals surface area contributed by atoms with Gasteiger partial charge in [0.15, 0.2) is 0 Å². The molecule has 0 aliphatic rings. The van der Waals surface area contributed by atoms with Gasteiger partial charge in [-0.25, -0.2) is 0 Å². The highest BCUT2D eigenvalue weighted by atomic mass is 16.6. The number of nitrogens with zero attached hydrogens (tertiary/aromatic N) is 1. The molecule has 0 atom stereocenters. The Balaban J connectivity index is 2.60. The second-order valence-electron chi connectivity index (χ2n) is 3.92. The van der Waals surface area contributed by atoms with E-state index in [9.17, 15) is 14.9 Å². The molecule has 0 heterocycles. The number of aryl methyl sites for hydroxylation is 1. The molecule has 1 amide bonds. The molecule has 0 aliphatic heterocycles. The monoisotopic (exact) mass is 267 g/mol. The van der Waals surface area contributed by atoms with E-state index in [0.717, 1.165) is 0 Å². The van der Waals surface area contributed by atoms with Crippen LogP contribution in [0.15, 0.2) is 18.2 Å². The summed E-state index contributed by atoms with van der Waals surface area (Å²) in [5.41, 5.74) is 0.883. The van der Waals surface area contributed by atoms with E-state index >= 15 is 0 Å². The molecule has 2 N–H and O–H groups in total. The van der Waals surface area contributed by atoms with Crippen molar-refractivity contribution in [3.63, 3.8) is 0 Å². The van der Waals surface area contributed by atoms with Crippen molar-refractivity contribution < 1.29 is 14.5 Å². The smallest absolute Gasteiger partial charge is 0.295 e. The van der Waals surface area contributed by atoms with E-state index in [2.05, 4.69) is 10.6 Å². The van der Waals surface area contributed by atoms with Crippen molar-refractivity contribution >= 4 is 17.3 Å². The zero-order valence-corrected chi connectivity index (χ0v) is 10.9. The number of anilines is 1. The van der Waals surface area contributed by atoms with Crippen LogP contribution in [0.25, 0.3) is 0 Å². The van der Waals surface area contributed by atoms with E-state index in [4.69, 9.17) is 4.74 Å². The molecule has 0 aliphatic carbocycles. The molecule has 0 aromatic heterocycles. The molecular formula is C12H17N3O4. The standard InChI is InChI=1S/C12H17N3O4/c1-9-4-3-5-10(12(9)15(17)18)14-8-11(16)13-6-7-19-2/h3-5,14H,6-8H2,1-2H3,(H,13,16). The SMILES string of the molecule is COCCNC(=O)CNc1cccc(C)c1[N+](=O)[O-]. The zero-order valence-electron chi connectivity index (χ0n) is 10.9. The van der Waals surface area contributed by atoms with E-state index in [1.54, 1.807) is 32.2 Å². The van der Waals surface area contributed by atoms with E-state index in [1.165, 1.54) is 0 Å². The lowest BCUT2D eigenvalue weighted by Crippen LogP contribution is -2.32. The van der Waals surface area contributed by atoms with Crippen molar-refractivity contribution in [1.29, 1.82) is 0 Å². The normalized spacial score (nSPS) is 10.0. The molecule has 7 heteroatoms. The quantitative estimate of drug-likeness (QED) is 0.438. The number of nitrogens with one attached hydrogen (secondary N) is 2. The van der Waals surface area contributed by atoms with Gasteiger partial charge >= 0.3 is 0 Å². The summed E-state index contributed by atoms with van der Waals surface area (Å²) >= 11 is 0. The molecule has 7 nitrogen and oxygen atoms in total. The number of hydrogen-bond donors (Lipinski definition) is 2. The van der Waals surface area contributed by atoms with Gasteiger partial charge in [-0.3, -0.25) is 14.9 Å². The second-order valence-corrected chi connectivity index (χ2v) is 3.92. The zero-order chi connectivity index (χ0) is 14.3. The van der Waals surface area contributed by atoms with E-state index < -0.39 is 4.92 Å². The molecular weight excluding hydrogens is 250 g/mol. The first-order valence-electron chi connectivity index (χ1n) is 5.79. The summed E-state index contributed by atoms with van der Waals surface area (Å²) in [5, 5.41) is 16.3. The molecule has 0 spiro atoms. The average molecular weight is 267 g/mol. The van der Waals surface area contributed by atoms with Crippen LogP contribution in [0, 0.1) is 17.0 Å². The number of para-hydroxylation sites is 1. The van der Waals surface area contributed by atoms with Gasteiger partial charge in [0, 0.05) is 19.2 Å². The topological polar surface area (TPSA) is 93.5 Å². The molecule has 0 fully saturated rings. The predicted octanol–water partition coefficient (Wildman–Crippen LogP) is 1.08. The molecule has 19 heavy (non-hydrogen) atoms. The van der Waals surface area contributed by atoms with Crippen molar-refractivity contribution in [3.05, 3.63) is 33.9 Å². The molecule has 0 bridgehead atoms. The van der Waals surface area contributed by atoms with Crippen molar-refractivity contribution in [2.75, 3.05) is 32.1 Å². The number of benzene rings is 1. The first-order chi connectivity index (χ1) is 9.06. The highest BCUT2D eigenvalue weighted by Gasteiger charge is 2.16. The van der Waals surface area contributed by atoms with Crippen LogP contribution in [0.4, 0.5) is 11.4 Å². The lowest BCUT2D eigenvalue weighted by atomic mass is 10.1.